The summed E-state index contributed by atoms with van der Waals surface area (Å²) in [6, 6.07) is 9.02. The number of halogens is 1. The van der Waals surface area contributed by atoms with E-state index in [9.17, 15) is 0 Å². The van der Waals surface area contributed by atoms with Crippen molar-refractivity contribution in [3.05, 3.63) is 28.7 Å². The molecule has 1 unspecified atom stereocenters. The molecule has 1 aliphatic carbocycles. The topological polar surface area (TPSA) is 24.5 Å². The molecule has 0 aliphatic heterocycles. The van der Waals surface area contributed by atoms with Gasteiger partial charge in [-0.2, -0.15) is 0 Å². The van der Waals surface area contributed by atoms with Crippen molar-refractivity contribution >= 4 is 21.6 Å². The molecule has 1 aromatic rings. The highest BCUT2D eigenvalue weighted by Gasteiger charge is 2.31. The lowest BCUT2D eigenvalue weighted by Gasteiger charge is -2.29. The van der Waals surface area contributed by atoms with Crippen LogP contribution in [-0.4, -0.2) is 44.3 Å². The Morgan fingerprint density at radius 3 is 2.60 bits per heavy atom. The summed E-state index contributed by atoms with van der Waals surface area (Å²) < 4.78 is 6.35. The Morgan fingerprint density at radius 2 is 2.00 bits per heavy atom. The zero-order chi connectivity index (χ0) is 14.4. The van der Waals surface area contributed by atoms with Gasteiger partial charge in [0.25, 0.3) is 0 Å². The van der Waals surface area contributed by atoms with Crippen LogP contribution in [0.2, 0.25) is 0 Å². The molecule has 2 rings (SSSR count). The van der Waals surface area contributed by atoms with Crippen LogP contribution in [0.5, 0.6) is 0 Å². The van der Waals surface area contributed by atoms with Crippen LogP contribution >= 0.6 is 15.9 Å². The van der Waals surface area contributed by atoms with Gasteiger partial charge in [-0.25, -0.2) is 0 Å². The molecule has 0 radical (unpaired) electrons. The lowest BCUT2D eigenvalue weighted by atomic mass is 10.2. The van der Waals surface area contributed by atoms with Gasteiger partial charge >= 0.3 is 0 Å². The van der Waals surface area contributed by atoms with E-state index in [2.05, 4.69) is 57.3 Å². The lowest BCUT2D eigenvalue weighted by Crippen LogP contribution is -2.40. The van der Waals surface area contributed by atoms with Crippen LogP contribution in [0.15, 0.2) is 28.7 Å². The molecule has 0 bridgehead atoms. The number of nitrogens with one attached hydrogen (secondary N) is 1. The summed E-state index contributed by atoms with van der Waals surface area (Å²) in [5.41, 5.74) is 1.18. The highest BCUT2D eigenvalue weighted by molar-refractivity contribution is 9.10. The monoisotopic (exact) mass is 340 g/mol. The molecule has 1 atom stereocenters. The molecule has 0 spiro atoms. The third-order valence-electron chi connectivity index (χ3n) is 4.04. The maximum Gasteiger partial charge on any atom is 0.0589 e. The quantitative estimate of drug-likeness (QED) is 0.743. The van der Waals surface area contributed by atoms with Gasteiger partial charge in [-0.05, 0) is 49.9 Å². The highest BCUT2D eigenvalue weighted by Crippen LogP contribution is 2.34. The SMILES string of the molecule is COCCN(CCNc1ccc(Br)cc1)C(C)C1CC1. The largest absolute Gasteiger partial charge is 0.384 e. The number of ether oxygens (including phenoxy) is 1. The summed E-state index contributed by atoms with van der Waals surface area (Å²) in [7, 11) is 1.78. The van der Waals surface area contributed by atoms with Crippen LogP contribution < -0.4 is 5.32 Å². The number of hydrogen-bond donors (Lipinski definition) is 1. The first-order valence-corrected chi connectivity index (χ1v) is 8.22. The van der Waals surface area contributed by atoms with Crippen molar-refractivity contribution in [2.75, 3.05) is 38.7 Å². The van der Waals surface area contributed by atoms with Crippen molar-refractivity contribution in [1.82, 2.24) is 4.90 Å². The Labute approximate surface area is 130 Å². The summed E-state index contributed by atoms with van der Waals surface area (Å²) in [5, 5.41) is 3.49. The fraction of sp³-hybridized carbons (Fsp3) is 0.625. The first-order valence-electron chi connectivity index (χ1n) is 7.43. The maximum absolute atomic E-state index is 5.23. The molecule has 1 aromatic carbocycles. The Kier molecular flexibility index (Phi) is 6.33. The minimum atomic E-state index is 0.678. The number of nitrogens with zero attached hydrogens (tertiary/aromatic N) is 1. The first-order chi connectivity index (χ1) is 9.70. The molecular formula is C16H25BrN2O. The summed E-state index contributed by atoms with van der Waals surface area (Å²) in [6.07, 6.45) is 2.79. The molecule has 0 saturated heterocycles. The number of rotatable bonds is 9. The van der Waals surface area contributed by atoms with Crippen LogP contribution in [0.3, 0.4) is 0 Å². The van der Waals surface area contributed by atoms with E-state index in [4.69, 9.17) is 4.74 Å². The standard InChI is InChI=1S/C16H25BrN2O/c1-13(14-3-4-14)19(11-12-20-2)10-9-18-16-7-5-15(17)6-8-16/h5-8,13-14,18H,3-4,9-12H2,1-2H3. The van der Waals surface area contributed by atoms with Gasteiger partial charge in [0, 0.05) is 42.9 Å². The Morgan fingerprint density at radius 1 is 1.30 bits per heavy atom. The minimum absolute atomic E-state index is 0.678. The van der Waals surface area contributed by atoms with Gasteiger partial charge in [0.15, 0.2) is 0 Å². The molecule has 0 amide bonds. The molecule has 112 valence electrons. The van der Waals surface area contributed by atoms with E-state index in [0.29, 0.717) is 6.04 Å². The van der Waals surface area contributed by atoms with Gasteiger partial charge in [-0.1, -0.05) is 15.9 Å². The zero-order valence-corrected chi connectivity index (χ0v) is 14.0. The second-order valence-corrected chi connectivity index (χ2v) is 6.46. The minimum Gasteiger partial charge on any atom is -0.384 e. The van der Waals surface area contributed by atoms with E-state index < -0.39 is 0 Å². The van der Waals surface area contributed by atoms with Crippen molar-refractivity contribution in [3.8, 4) is 0 Å². The molecule has 4 heteroatoms. The summed E-state index contributed by atoms with van der Waals surface area (Å²) in [6.45, 7) is 6.23. The van der Waals surface area contributed by atoms with Gasteiger partial charge in [0.2, 0.25) is 0 Å². The van der Waals surface area contributed by atoms with Crippen LogP contribution in [0, 0.1) is 5.92 Å². The summed E-state index contributed by atoms with van der Waals surface area (Å²) in [4.78, 5) is 2.55. The first kappa shape index (κ1) is 15.8. The number of hydrogen-bond acceptors (Lipinski definition) is 3. The number of methoxy groups -OCH3 is 1. The molecule has 0 aromatic heterocycles. The number of anilines is 1. The van der Waals surface area contributed by atoms with Gasteiger partial charge in [-0.3, -0.25) is 4.90 Å². The summed E-state index contributed by atoms with van der Waals surface area (Å²) >= 11 is 3.46. The maximum atomic E-state index is 5.23. The van der Waals surface area contributed by atoms with E-state index in [0.717, 1.165) is 36.6 Å². The van der Waals surface area contributed by atoms with Crippen molar-refractivity contribution in [2.24, 2.45) is 5.92 Å². The summed E-state index contributed by atoms with van der Waals surface area (Å²) in [5.74, 6) is 0.902. The van der Waals surface area contributed by atoms with Gasteiger partial charge in [0.05, 0.1) is 6.61 Å². The van der Waals surface area contributed by atoms with Crippen LogP contribution in [0.25, 0.3) is 0 Å². The Bertz CT molecular complexity index is 392. The molecule has 1 fully saturated rings. The van der Waals surface area contributed by atoms with E-state index in [1.807, 2.05) is 0 Å². The predicted molar refractivity (Wildman–Crippen MR) is 88.3 cm³/mol. The lowest BCUT2D eigenvalue weighted by molar-refractivity contribution is 0.120. The molecule has 1 N–H and O–H groups in total. The molecular weight excluding hydrogens is 316 g/mol. The average molecular weight is 341 g/mol. The van der Waals surface area contributed by atoms with Crippen molar-refractivity contribution in [1.29, 1.82) is 0 Å². The molecule has 0 heterocycles. The van der Waals surface area contributed by atoms with Gasteiger partial charge in [-0.15, -0.1) is 0 Å². The van der Waals surface area contributed by atoms with Crippen LogP contribution in [-0.2, 0) is 4.74 Å². The van der Waals surface area contributed by atoms with Gasteiger partial charge in [0.1, 0.15) is 0 Å². The highest BCUT2D eigenvalue weighted by atomic mass is 79.9. The van der Waals surface area contributed by atoms with E-state index >= 15 is 0 Å². The van der Waals surface area contributed by atoms with Gasteiger partial charge < -0.3 is 10.1 Å². The third kappa shape index (κ3) is 5.08. The smallest absolute Gasteiger partial charge is 0.0589 e. The molecule has 20 heavy (non-hydrogen) atoms. The normalized spacial score (nSPS) is 16.4. The Hall–Kier alpha value is -0.580. The van der Waals surface area contributed by atoms with Crippen LogP contribution in [0.4, 0.5) is 5.69 Å². The van der Waals surface area contributed by atoms with Crippen molar-refractivity contribution in [3.63, 3.8) is 0 Å². The predicted octanol–water partition coefficient (Wildman–Crippen LogP) is 3.61. The van der Waals surface area contributed by atoms with Crippen molar-refractivity contribution < 1.29 is 4.74 Å². The van der Waals surface area contributed by atoms with E-state index in [-0.39, 0.29) is 0 Å². The second-order valence-electron chi connectivity index (χ2n) is 5.54. The zero-order valence-electron chi connectivity index (χ0n) is 12.4. The third-order valence-corrected chi connectivity index (χ3v) is 4.56. The second kappa shape index (κ2) is 8.01. The fourth-order valence-electron chi connectivity index (χ4n) is 2.52. The van der Waals surface area contributed by atoms with E-state index in [1.54, 1.807) is 7.11 Å². The van der Waals surface area contributed by atoms with E-state index in [1.165, 1.54) is 18.5 Å². The Balaban J connectivity index is 1.76. The van der Waals surface area contributed by atoms with Crippen molar-refractivity contribution in [2.45, 2.75) is 25.8 Å². The average Bonchev–Trinajstić information content (AvgIpc) is 3.28. The fourth-order valence-corrected chi connectivity index (χ4v) is 2.78. The van der Waals surface area contributed by atoms with Crippen LogP contribution in [0.1, 0.15) is 19.8 Å². The molecule has 3 nitrogen and oxygen atoms in total. The molecule has 1 aliphatic rings. The molecule has 1 saturated carbocycles. The number of benzene rings is 1.